The van der Waals surface area contributed by atoms with E-state index in [4.69, 9.17) is 15.9 Å². The van der Waals surface area contributed by atoms with E-state index in [9.17, 15) is 19.7 Å². The largest absolute Gasteiger partial charge is 0.481 e. The van der Waals surface area contributed by atoms with Crippen LogP contribution in [0, 0.1) is 10.1 Å². The standard InChI is InChI=1S/C10H10N2O6/c11-8(10(15)16)7(9(13)14)5-1-3-6(4-2-5)12(17)18/h1-4,7-8H,11H2,(H,13,14)(H,15,16). The molecule has 2 atom stereocenters. The molecule has 4 N–H and O–H groups in total. The lowest BCUT2D eigenvalue weighted by Gasteiger charge is -2.16. The number of non-ortho nitro benzene ring substituents is 1. The summed E-state index contributed by atoms with van der Waals surface area (Å²) in [6.45, 7) is 0. The minimum Gasteiger partial charge on any atom is -0.481 e. The molecule has 0 bridgehead atoms. The third kappa shape index (κ3) is 2.80. The number of carboxylic acid groups (broad SMARTS) is 2. The van der Waals surface area contributed by atoms with Crippen LogP contribution in [-0.2, 0) is 9.59 Å². The van der Waals surface area contributed by atoms with Crippen molar-refractivity contribution >= 4 is 17.6 Å². The summed E-state index contributed by atoms with van der Waals surface area (Å²) in [5.41, 5.74) is 5.16. The Labute approximate surface area is 101 Å². The Balaban J connectivity index is 3.11. The summed E-state index contributed by atoms with van der Waals surface area (Å²) in [6.07, 6.45) is 0. The molecule has 0 aliphatic heterocycles. The maximum Gasteiger partial charge on any atom is 0.321 e. The number of hydrogen-bond acceptors (Lipinski definition) is 5. The number of carboxylic acids is 2. The Morgan fingerprint density at radius 3 is 2.00 bits per heavy atom. The fourth-order valence-corrected chi connectivity index (χ4v) is 1.45. The minimum absolute atomic E-state index is 0.100. The molecule has 1 aromatic carbocycles. The van der Waals surface area contributed by atoms with Crippen LogP contribution >= 0.6 is 0 Å². The Kier molecular flexibility index (Phi) is 3.95. The molecule has 8 nitrogen and oxygen atoms in total. The number of nitrogens with two attached hydrogens (primary N) is 1. The van der Waals surface area contributed by atoms with Gasteiger partial charge in [0.2, 0.25) is 0 Å². The molecule has 0 spiro atoms. The Morgan fingerprint density at radius 2 is 1.67 bits per heavy atom. The van der Waals surface area contributed by atoms with Gasteiger partial charge in [-0.25, -0.2) is 0 Å². The molecule has 0 fully saturated rings. The van der Waals surface area contributed by atoms with Crippen molar-refractivity contribution in [3.8, 4) is 0 Å². The highest BCUT2D eigenvalue weighted by Crippen LogP contribution is 2.22. The lowest BCUT2D eigenvalue weighted by atomic mass is 9.92. The van der Waals surface area contributed by atoms with Gasteiger partial charge in [-0.05, 0) is 5.56 Å². The van der Waals surface area contributed by atoms with Crippen molar-refractivity contribution < 1.29 is 24.7 Å². The molecule has 0 aliphatic rings. The third-order valence-corrected chi connectivity index (χ3v) is 2.37. The first-order valence-electron chi connectivity index (χ1n) is 4.80. The monoisotopic (exact) mass is 254 g/mol. The highest BCUT2D eigenvalue weighted by atomic mass is 16.6. The zero-order chi connectivity index (χ0) is 13.9. The quantitative estimate of drug-likeness (QED) is 0.501. The zero-order valence-corrected chi connectivity index (χ0v) is 9.02. The van der Waals surface area contributed by atoms with Crippen molar-refractivity contribution in [3.05, 3.63) is 39.9 Å². The summed E-state index contributed by atoms with van der Waals surface area (Å²) in [5.74, 6) is -4.32. The Bertz CT molecular complexity index is 484. The summed E-state index contributed by atoms with van der Waals surface area (Å²) in [5, 5.41) is 28.1. The molecule has 0 saturated carbocycles. The minimum atomic E-state index is -1.62. The van der Waals surface area contributed by atoms with E-state index in [0.29, 0.717) is 0 Å². The molecule has 1 aromatic rings. The van der Waals surface area contributed by atoms with Gasteiger partial charge in [-0.15, -0.1) is 0 Å². The SMILES string of the molecule is NC(C(=O)O)C(C(=O)O)c1ccc([N+](=O)[O-])cc1. The lowest BCUT2D eigenvalue weighted by molar-refractivity contribution is -0.384. The van der Waals surface area contributed by atoms with Crippen molar-refractivity contribution in [2.45, 2.75) is 12.0 Å². The molecule has 96 valence electrons. The van der Waals surface area contributed by atoms with Crippen LogP contribution in [0.15, 0.2) is 24.3 Å². The van der Waals surface area contributed by atoms with E-state index in [1.807, 2.05) is 0 Å². The highest BCUT2D eigenvalue weighted by molar-refractivity contribution is 5.86. The number of nitro groups is 1. The van der Waals surface area contributed by atoms with Crippen molar-refractivity contribution in [2.24, 2.45) is 5.73 Å². The number of nitro benzene ring substituents is 1. The molecular formula is C10H10N2O6. The average molecular weight is 254 g/mol. The first-order valence-corrected chi connectivity index (χ1v) is 4.80. The van der Waals surface area contributed by atoms with Gasteiger partial charge >= 0.3 is 11.9 Å². The molecule has 0 radical (unpaired) electrons. The number of carbonyl (C=O) groups is 2. The van der Waals surface area contributed by atoms with E-state index >= 15 is 0 Å². The van der Waals surface area contributed by atoms with Crippen LogP contribution in [0.1, 0.15) is 11.5 Å². The van der Waals surface area contributed by atoms with Crippen LogP contribution in [-0.4, -0.2) is 33.1 Å². The first kappa shape index (κ1) is 13.6. The van der Waals surface area contributed by atoms with E-state index in [0.717, 1.165) is 12.1 Å². The molecule has 2 unspecified atom stereocenters. The highest BCUT2D eigenvalue weighted by Gasteiger charge is 2.32. The van der Waals surface area contributed by atoms with Gasteiger partial charge in [0, 0.05) is 12.1 Å². The van der Waals surface area contributed by atoms with Gasteiger partial charge in [-0.3, -0.25) is 19.7 Å². The summed E-state index contributed by atoms with van der Waals surface area (Å²) in [6, 6.07) is 2.93. The number of benzene rings is 1. The Morgan fingerprint density at radius 1 is 1.17 bits per heavy atom. The fourth-order valence-electron chi connectivity index (χ4n) is 1.45. The molecule has 0 aliphatic carbocycles. The summed E-state index contributed by atoms with van der Waals surface area (Å²) in [7, 11) is 0. The smallest absolute Gasteiger partial charge is 0.321 e. The molecule has 18 heavy (non-hydrogen) atoms. The predicted octanol–water partition coefficient (Wildman–Crippen LogP) is 0.175. The van der Waals surface area contributed by atoms with Crippen molar-refractivity contribution in [2.75, 3.05) is 0 Å². The van der Waals surface area contributed by atoms with E-state index < -0.39 is 28.8 Å². The van der Waals surface area contributed by atoms with Gasteiger partial charge in [-0.1, -0.05) is 12.1 Å². The zero-order valence-electron chi connectivity index (χ0n) is 9.02. The molecule has 0 aromatic heterocycles. The third-order valence-electron chi connectivity index (χ3n) is 2.37. The van der Waals surface area contributed by atoms with Crippen molar-refractivity contribution in [3.63, 3.8) is 0 Å². The number of nitrogens with zero attached hydrogens (tertiary/aromatic N) is 1. The second-order valence-electron chi connectivity index (χ2n) is 3.53. The molecule has 1 rings (SSSR count). The van der Waals surface area contributed by atoms with E-state index in [-0.39, 0.29) is 11.3 Å². The number of hydrogen-bond donors (Lipinski definition) is 3. The summed E-state index contributed by atoms with van der Waals surface area (Å²) >= 11 is 0. The molecule has 8 heteroatoms. The van der Waals surface area contributed by atoms with Gasteiger partial charge in [0.05, 0.1) is 4.92 Å². The van der Waals surface area contributed by atoms with Crippen LogP contribution in [0.5, 0.6) is 0 Å². The number of rotatable bonds is 5. The van der Waals surface area contributed by atoms with Gasteiger partial charge in [0.15, 0.2) is 0 Å². The van der Waals surface area contributed by atoms with E-state index in [2.05, 4.69) is 0 Å². The van der Waals surface area contributed by atoms with Crippen LogP contribution in [0.3, 0.4) is 0 Å². The van der Waals surface area contributed by atoms with E-state index in [1.54, 1.807) is 0 Å². The average Bonchev–Trinajstić information content (AvgIpc) is 2.29. The van der Waals surface area contributed by atoms with Crippen LogP contribution < -0.4 is 5.73 Å². The second kappa shape index (κ2) is 5.23. The van der Waals surface area contributed by atoms with E-state index in [1.165, 1.54) is 12.1 Å². The summed E-state index contributed by atoms with van der Waals surface area (Å²) in [4.78, 5) is 31.5. The topological polar surface area (TPSA) is 144 Å². The van der Waals surface area contributed by atoms with Crippen LogP contribution in [0.25, 0.3) is 0 Å². The van der Waals surface area contributed by atoms with Crippen LogP contribution in [0.4, 0.5) is 5.69 Å². The van der Waals surface area contributed by atoms with Gasteiger partial charge < -0.3 is 15.9 Å². The molecular weight excluding hydrogens is 244 g/mol. The molecule has 0 saturated heterocycles. The number of aliphatic carboxylic acids is 2. The normalized spacial score (nSPS) is 13.6. The second-order valence-corrected chi connectivity index (χ2v) is 3.53. The summed E-state index contributed by atoms with van der Waals surface area (Å²) < 4.78 is 0. The maximum atomic E-state index is 11.0. The fraction of sp³-hybridized carbons (Fsp3) is 0.200. The molecule has 0 heterocycles. The van der Waals surface area contributed by atoms with Crippen molar-refractivity contribution in [1.29, 1.82) is 0 Å². The first-order chi connectivity index (χ1) is 8.34. The predicted molar refractivity (Wildman–Crippen MR) is 59.1 cm³/mol. The van der Waals surface area contributed by atoms with Crippen molar-refractivity contribution in [1.82, 2.24) is 0 Å². The Hall–Kier alpha value is -2.48. The van der Waals surface area contributed by atoms with Crippen LogP contribution in [0.2, 0.25) is 0 Å². The maximum absolute atomic E-state index is 11.0. The van der Waals surface area contributed by atoms with Gasteiger partial charge in [0.25, 0.3) is 5.69 Å². The van der Waals surface area contributed by atoms with Gasteiger partial charge in [-0.2, -0.15) is 0 Å². The lowest BCUT2D eigenvalue weighted by Crippen LogP contribution is -2.40. The molecule has 0 amide bonds. The van der Waals surface area contributed by atoms with Gasteiger partial charge in [0.1, 0.15) is 12.0 Å².